The molecule has 18 heavy (non-hydrogen) atoms. The number of rotatable bonds is 5. The van der Waals surface area contributed by atoms with E-state index >= 15 is 0 Å². The lowest BCUT2D eigenvalue weighted by Gasteiger charge is -2.14. The van der Waals surface area contributed by atoms with E-state index in [4.69, 9.17) is 10.8 Å². The molecule has 98 valence electrons. The van der Waals surface area contributed by atoms with Crippen molar-refractivity contribution in [1.29, 1.82) is 0 Å². The Bertz CT molecular complexity index is 428. The minimum atomic E-state index is -1.04. The Hall–Kier alpha value is -2.04. The van der Waals surface area contributed by atoms with E-state index in [1.807, 2.05) is 19.1 Å². The van der Waals surface area contributed by atoms with Crippen molar-refractivity contribution in [2.24, 2.45) is 0 Å². The predicted octanol–water partition coefficient (Wildman–Crippen LogP) is 1.35. The summed E-state index contributed by atoms with van der Waals surface area (Å²) in [4.78, 5) is 22.2. The second kappa shape index (κ2) is 6.05. The predicted molar refractivity (Wildman–Crippen MR) is 69.1 cm³/mol. The lowest BCUT2D eigenvalue weighted by Crippen LogP contribution is -2.38. The maximum absolute atomic E-state index is 11.6. The molecule has 0 spiro atoms. The Morgan fingerprint density at radius 1 is 1.28 bits per heavy atom. The summed E-state index contributed by atoms with van der Waals surface area (Å²) >= 11 is 0. The summed E-state index contributed by atoms with van der Waals surface area (Å²) in [5.41, 5.74) is 7.26. The van der Waals surface area contributed by atoms with Gasteiger partial charge in [-0.2, -0.15) is 0 Å². The molecule has 1 rings (SSSR count). The molecule has 0 aliphatic rings. The van der Waals surface area contributed by atoms with Crippen molar-refractivity contribution >= 4 is 17.6 Å². The van der Waals surface area contributed by atoms with E-state index in [0.717, 1.165) is 5.56 Å². The van der Waals surface area contributed by atoms with Crippen molar-refractivity contribution < 1.29 is 14.7 Å². The molecule has 0 heterocycles. The zero-order valence-corrected chi connectivity index (χ0v) is 10.5. The Morgan fingerprint density at radius 3 is 2.33 bits per heavy atom. The third-order valence-electron chi connectivity index (χ3n) is 2.75. The van der Waals surface area contributed by atoms with Crippen LogP contribution in [0.25, 0.3) is 0 Å². The topological polar surface area (TPSA) is 92.4 Å². The number of nitrogens with one attached hydrogen (secondary N) is 1. The van der Waals surface area contributed by atoms with Crippen molar-refractivity contribution in [2.75, 3.05) is 5.73 Å². The second-order valence-electron chi connectivity index (χ2n) is 4.40. The molecule has 1 unspecified atom stereocenters. The number of carbonyl (C=O) groups is 2. The Morgan fingerprint density at radius 2 is 1.83 bits per heavy atom. The van der Waals surface area contributed by atoms with E-state index in [0.29, 0.717) is 5.69 Å². The fourth-order valence-electron chi connectivity index (χ4n) is 1.58. The molecular weight excluding hydrogens is 232 g/mol. The first-order chi connectivity index (χ1) is 8.40. The first-order valence-corrected chi connectivity index (χ1v) is 5.77. The summed E-state index contributed by atoms with van der Waals surface area (Å²) in [6, 6.07) is 6.44. The molecule has 0 saturated heterocycles. The average Bonchev–Trinajstić information content (AvgIpc) is 2.29. The molecule has 0 fully saturated rings. The third-order valence-corrected chi connectivity index (χ3v) is 2.75. The maximum atomic E-state index is 11.6. The second-order valence-corrected chi connectivity index (χ2v) is 4.40. The SMILES string of the molecule is CC(CC(=O)N[C@@H](C)C(=O)O)c1ccc(N)cc1. The van der Waals surface area contributed by atoms with E-state index in [9.17, 15) is 9.59 Å². The first kappa shape index (κ1) is 14.0. The molecule has 5 heteroatoms. The Balaban J connectivity index is 2.54. The number of nitrogen functional groups attached to an aromatic ring is 1. The van der Waals surface area contributed by atoms with Crippen LogP contribution in [0.4, 0.5) is 5.69 Å². The van der Waals surface area contributed by atoms with Crippen LogP contribution in [0.5, 0.6) is 0 Å². The average molecular weight is 250 g/mol. The molecule has 5 nitrogen and oxygen atoms in total. The summed E-state index contributed by atoms with van der Waals surface area (Å²) in [7, 11) is 0. The van der Waals surface area contributed by atoms with E-state index in [-0.39, 0.29) is 18.2 Å². The van der Waals surface area contributed by atoms with Gasteiger partial charge in [-0.25, -0.2) is 0 Å². The van der Waals surface area contributed by atoms with Gasteiger partial charge in [0, 0.05) is 12.1 Å². The van der Waals surface area contributed by atoms with Gasteiger partial charge >= 0.3 is 5.97 Å². The van der Waals surface area contributed by atoms with Crippen molar-refractivity contribution in [3.63, 3.8) is 0 Å². The molecule has 0 saturated carbocycles. The van der Waals surface area contributed by atoms with Crippen LogP contribution in [0.2, 0.25) is 0 Å². The molecule has 1 amide bonds. The van der Waals surface area contributed by atoms with Gasteiger partial charge in [0.25, 0.3) is 0 Å². The number of carbonyl (C=O) groups excluding carboxylic acids is 1. The van der Waals surface area contributed by atoms with Crippen LogP contribution in [0.15, 0.2) is 24.3 Å². The van der Waals surface area contributed by atoms with Crippen LogP contribution in [0.1, 0.15) is 31.7 Å². The van der Waals surface area contributed by atoms with E-state index < -0.39 is 12.0 Å². The van der Waals surface area contributed by atoms with E-state index in [1.165, 1.54) is 6.92 Å². The number of aliphatic carboxylic acids is 1. The number of anilines is 1. The monoisotopic (exact) mass is 250 g/mol. The highest BCUT2D eigenvalue weighted by Gasteiger charge is 2.16. The van der Waals surface area contributed by atoms with Crippen molar-refractivity contribution in [2.45, 2.75) is 32.2 Å². The summed E-state index contributed by atoms with van der Waals surface area (Å²) in [5, 5.41) is 11.1. The smallest absolute Gasteiger partial charge is 0.325 e. The number of benzene rings is 1. The molecule has 0 aliphatic carbocycles. The summed E-state index contributed by atoms with van der Waals surface area (Å²) in [5.74, 6) is -1.29. The molecule has 0 aliphatic heterocycles. The molecule has 1 aromatic carbocycles. The van der Waals surface area contributed by atoms with Gasteiger partial charge in [-0.15, -0.1) is 0 Å². The van der Waals surface area contributed by atoms with Gasteiger partial charge in [0.2, 0.25) is 5.91 Å². The molecule has 1 aromatic rings. The lowest BCUT2D eigenvalue weighted by atomic mass is 9.97. The van der Waals surface area contributed by atoms with Crippen LogP contribution >= 0.6 is 0 Å². The summed E-state index contributed by atoms with van der Waals surface area (Å²) < 4.78 is 0. The standard InChI is InChI=1S/C13H18N2O3/c1-8(10-3-5-11(14)6-4-10)7-12(16)15-9(2)13(17)18/h3-6,8-9H,7,14H2,1-2H3,(H,15,16)(H,17,18)/t8?,9-/m0/s1. The highest BCUT2D eigenvalue weighted by atomic mass is 16.4. The maximum Gasteiger partial charge on any atom is 0.325 e. The van der Waals surface area contributed by atoms with Crippen molar-refractivity contribution in [3.8, 4) is 0 Å². The molecule has 4 N–H and O–H groups in total. The Kier molecular flexibility index (Phi) is 4.71. The largest absolute Gasteiger partial charge is 0.480 e. The van der Waals surface area contributed by atoms with Crippen LogP contribution < -0.4 is 11.1 Å². The summed E-state index contributed by atoms with van der Waals surface area (Å²) in [6.07, 6.45) is 0.252. The van der Waals surface area contributed by atoms with Gasteiger partial charge in [0.1, 0.15) is 6.04 Å². The zero-order chi connectivity index (χ0) is 13.7. The number of amides is 1. The fourth-order valence-corrected chi connectivity index (χ4v) is 1.58. The number of carboxylic acids is 1. The minimum absolute atomic E-state index is 0.0200. The van der Waals surface area contributed by atoms with Gasteiger partial charge in [0.05, 0.1) is 0 Å². The molecule has 0 bridgehead atoms. The van der Waals surface area contributed by atoms with E-state index in [1.54, 1.807) is 12.1 Å². The van der Waals surface area contributed by atoms with Crippen molar-refractivity contribution in [3.05, 3.63) is 29.8 Å². The first-order valence-electron chi connectivity index (χ1n) is 5.77. The fraction of sp³-hybridized carbons (Fsp3) is 0.385. The van der Waals surface area contributed by atoms with Gasteiger partial charge < -0.3 is 16.2 Å². The summed E-state index contributed by atoms with van der Waals surface area (Å²) in [6.45, 7) is 3.35. The molecular formula is C13H18N2O3. The molecule has 0 aromatic heterocycles. The third kappa shape index (κ3) is 4.08. The minimum Gasteiger partial charge on any atom is -0.480 e. The van der Waals surface area contributed by atoms with Crippen molar-refractivity contribution in [1.82, 2.24) is 5.32 Å². The van der Waals surface area contributed by atoms with Crippen LogP contribution in [0, 0.1) is 0 Å². The number of carboxylic acid groups (broad SMARTS) is 1. The number of hydrogen-bond donors (Lipinski definition) is 3. The van der Waals surface area contributed by atoms with Crippen LogP contribution in [0.3, 0.4) is 0 Å². The van der Waals surface area contributed by atoms with Gasteiger partial charge in [-0.3, -0.25) is 9.59 Å². The Labute approximate surface area is 106 Å². The van der Waals surface area contributed by atoms with E-state index in [2.05, 4.69) is 5.32 Å². The quantitative estimate of drug-likeness (QED) is 0.688. The van der Waals surface area contributed by atoms with Crippen LogP contribution in [-0.4, -0.2) is 23.0 Å². The van der Waals surface area contributed by atoms with Crippen LogP contribution in [-0.2, 0) is 9.59 Å². The van der Waals surface area contributed by atoms with Gasteiger partial charge in [0.15, 0.2) is 0 Å². The number of hydrogen-bond acceptors (Lipinski definition) is 3. The highest BCUT2D eigenvalue weighted by molar-refractivity contribution is 5.83. The normalized spacial score (nSPS) is 13.7. The highest BCUT2D eigenvalue weighted by Crippen LogP contribution is 2.19. The molecule has 2 atom stereocenters. The van der Waals surface area contributed by atoms with Gasteiger partial charge in [-0.05, 0) is 30.5 Å². The molecule has 0 radical (unpaired) electrons. The lowest BCUT2D eigenvalue weighted by molar-refractivity contribution is -0.141. The number of nitrogens with two attached hydrogens (primary N) is 1. The van der Waals surface area contributed by atoms with Gasteiger partial charge in [-0.1, -0.05) is 19.1 Å². The zero-order valence-electron chi connectivity index (χ0n) is 10.5.